The molecule has 0 aliphatic carbocycles. The molecule has 1 fully saturated rings. The Morgan fingerprint density at radius 1 is 1.15 bits per heavy atom. The largest absolute Gasteiger partial charge is 0.378 e. The number of hydrogen-bond donors (Lipinski definition) is 1. The van der Waals surface area contributed by atoms with Gasteiger partial charge in [-0.2, -0.15) is 0 Å². The number of nitrogens with zero attached hydrogens (tertiary/aromatic N) is 3. The smallest absolute Gasteiger partial charge is 0.224 e. The number of ether oxygens (including phenoxy) is 1. The van der Waals surface area contributed by atoms with Gasteiger partial charge >= 0.3 is 0 Å². The molecule has 27 heavy (non-hydrogen) atoms. The first-order chi connectivity index (χ1) is 13.2. The van der Waals surface area contributed by atoms with Crippen LogP contribution in [0.25, 0.3) is 10.9 Å². The number of aryl methyl sites for hydroxylation is 1. The van der Waals surface area contributed by atoms with Crippen LogP contribution in [0, 0.1) is 0 Å². The third-order valence-corrected chi connectivity index (χ3v) is 4.98. The average Bonchev–Trinajstić information content (AvgIpc) is 3.03. The van der Waals surface area contributed by atoms with Gasteiger partial charge in [0.2, 0.25) is 5.91 Å². The average molecular weight is 364 g/mol. The summed E-state index contributed by atoms with van der Waals surface area (Å²) < 4.78 is 7.49. The first kappa shape index (κ1) is 17.5. The summed E-state index contributed by atoms with van der Waals surface area (Å²) in [4.78, 5) is 19.3. The van der Waals surface area contributed by atoms with Crippen LogP contribution in [0.5, 0.6) is 0 Å². The number of benzene rings is 1. The van der Waals surface area contributed by atoms with Crippen molar-refractivity contribution in [2.75, 3.05) is 31.2 Å². The highest BCUT2D eigenvalue weighted by molar-refractivity contribution is 5.89. The van der Waals surface area contributed by atoms with Gasteiger partial charge in [-0.1, -0.05) is 24.3 Å². The molecule has 140 valence electrons. The maximum atomic E-state index is 12.6. The van der Waals surface area contributed by atoms with Crippen LogP contribution in [-0.4, -0.2) is 41.8 Å². The van der Waals surface area contributed by atoms with E-state index < -0.39 is 0 Å². The van der Waals surface area contributed by atoms with Crippen molar-refractivity contribution in [3.63, 3.8) is 0 Å². The Labute approximate surface area is 158 Å². The topological polar surface area (TPSA) is 59.4 Å². The fraction of sp³-hybridized carbons (Fsp3) is 0.333. The molecule has 1 N–H and O–H groups in total. The number of carbonyl (C=O) groups is 1. The van der Waals surface area contributed by atoms with Crippen molar-refractivity contribution in [1.82, 2.24) is 14.9 Å². The van der Waals surface area contributed by atoms with Gasteiger partial charge in [-0.3, -0.25) is 4.79 Å². The van der Waals surface area contributed by atoms with Gasteiger partial charge in [0.05, 0.1) is 19.6 Å². The van der Waals surface area contributed by atoms with Crippen LogP contribution in [0.3, 0.4) is 0 Å². The predicted octanol–water partition coefficient (Wildman–Crippen LogP) is 2.27. The molecule has 1 amide bonds. The molecule has 6 heteroatoms. The number of aromatic nitrogens is 2. The number of fused-ring (bicyclic) bond motifs is 1. The lowest BCUT2D eigenvalue weighted by Crippen LogP contribution is -2.38. The van der Waals surface area contributed by atoms with Crippen molar-refractivity contribution in [3.8, 4) is 0 Å². The van der Waals surface area contributed by atoms with Gasteiger partial charge in [0.1, 0.15) is 5.82 Å². The molecule has 0 bridgehead atoms. The third kappa shape index (κ3) is 3.80. The Morgan fingerprint density at radius 2 is 1.96 bits per heavy atom. The van der Waals surface area contributed by atoms with Crippen LogP contribution >= 0.6 is 0 Å². The summed E-state index contributed by atoms with van der Waals surface area (Å²) in [6.07, 6.45) is 4.20. The van der Waals surface area contributed by atoms with Crippen LogP contribution in [0.1, 0.15) is 11.1 Å². The second kappa shape index (κ2) is 7.80. The second-order valence-electron chi connectivity index (χ2n) is 6.82. The second-order valence-corrected chi connectivity index (χ2v) is 6.82. The lowest BCUT2D eigenvalue weighted by atomic mass is 10.1. The number of nitrogens with one attached hydrogen (secondary N) is 1. The Hall–Kier alpha value is -2.86. The molecule has 1 saturated heterocycles. The third-order valence-electron chi connectivity index (χ3n) is 4.98. The molecule has 3 heterocycles. The minimum Gasteiger partial charge on any atom is -0.378 e. The quantitative estimate of drug-likeness (QED) is 0.755. The van der Waals surface area contributed by atoms with Gasteiger partial charge in [0.15, 0.2) is 0 Å². The molecule has 6 nitrogen and oxygen atoms in total. The number of amides is 1. The SMILES string of the molecule is Cn1cc(CC(=O)NCc2cccnc2N2CCOCC2)c2ccccc21. The molecule has 1 aromatic carbocycles. The summed E-state index contributed by atoms with van der Waals surface area (Å²) in [6.45, 7) is 3.55. The van der Waals surface area contributed by atoms with E-state index in [1.165, 1.54) is 0 Å². The van der Waals surface area contributed by atoms with E-state index >= 15 is 0 Å². The molecule has 4 rings (SSSR count). The van der Waals surface area contributed by atoms with E-state index in [1.54, 1.807) is 6.20 Å². The first-order valence-corrected chi connectivity index (χ1v) is 9.28. The summed E-state index contributed by atoms with van der Waals surface area (Å²) in [6, 6.07) is 12.1. The van der Waals surface area contributed by atoms with E-state index in [2.05, 4.69) is 31.9 Å². The fourth-order valence-corrected chi connectivity index (χ4v) is 3.62. The molecule has 0 saturated carbocycles. The Kier molecular flexibility index (Phi) is 5.07. The van der Waals surface area contributed by atoms with Gasteiger partial charge in [-0.15, -0.1) is 0 Å². The first-order valence-electron chi connectivity index (χ1n) is 9.28. The summed E-state index contributed by atoms with van der Waals surface area (Å²) in [7, 11) is 2.01. The lowest BCUT2D eigenvalue weighted by molar-refractivity contribution is -0.120. The lowest BCUT2D eigenvalue weighted by Gasteiger charge is -2.29. The standard InChI is InChI=1S/C21H24N4O2/c1-24-15-17(18-6-2-3-7-19(18)24)13-20(26)23-14-16-5-4-8-22-21(16)25-9-11-27-12-10-25/h2-8,15H,9-14H2,1H3,(H,23,26). The molecule has 0 unspecified atom stereocenters. The number of rotatable bonds is 5. The number of morpholine rings is 1. The maximum absolute atomic E-state index is 12.6. The minimum atomic E-state index is 0.0168. The van der Waals surface area contributed by atoms with E-state index in [0.29, 0.717) is 26.2 Å². The van der Waals surface area contributed by atoms with E-state index in [1.807, 2.05) is 37.5 Å². The van der Waals surface area contributed by atoms with Gasteiger partial charge in [0, 0.05) is 55.5 Å². The summed E-state index contributed by atoms with van der Waals surface area (Å²) >= 11 is 0. The molecule has 0 radical (unpaired) electrons. The summed E-state index contributed by atoms with van der Waals surface area (Å²) in [5.41, 5.74) is 3.22. The predicted molar refractivity (Wildman–Crippen MR) is 106 cm³/mol. The van der Waals surface area contributed by atoms with Crippen molar-refractivity contribution in [2.24, 2.45) is 7.05 Å². The zero-order valence-electron chi connectivity index (χ0n) is 15.5. The van der Waals surface area contributed by atoms with Gasteiger partial charge in [-0.25, -0.2) is 4.98 Å². The van der Waals surface area contributed by atoms with Crippen LogP contribution in [0.15, 0.2) is 48.8 Å². The molecule has 0 atom stereocenters. The molecular weight excluding hydrogens is 340 g/mol. The molecule has 1 aliphatic rings. The molecule has 1 aliphatic heterocycles. The van der Waals surface area contributed by atoms with Crippen LogP contribution in [0.4, 0.5) is 5.82 Å². The fourth-order valence-electron chi connectivity index (χ4n) is 3.62. The zero-order valence-corrected chi connectivity index (χ0v) is 15.5. The van der Waals surface area contributed by atoms with Crippen molar-refractivity contribution < 1.29 is 9.53 Å². The van der Waals surface area contributed by atoms with Crippen molar-refractivity contribution in [3.05, 3.63) is 59.9 Å². The van der Waals surface area contributed by atoms with Crippen LogP contribution in [-0.2, 0) is 29.5 Å². The minimum absolute atomic E-state index is 0.0168. The molecule has 3 aromatic rings. The normalized spacial score (nSPS) is 14.5. The van der Waals surface area contributed by atoms with Gasteiger partial charge in [0.25, 0.3) is 0 Å². The highest BCUT2D eigenvalue weighted by Crippen LogP contribution is 2.21. The van der Waals surface area contributed by atoms with E-state index in [4.69, 9.17) is 4.74 Å². The Balaban J connectivity index is 1.44. The van der Waals surface area contributed by atoms with Crippen molar-refractivity contribution in [2.45, 2.75) is 13.0 Å². The van der Waals surface area contributed by atoms with Crippen molar-refractivity contribution >= 4 is 22.6 Å². The molecule has 0 spiro atoms. The van der Waals surface area contributed by atoms with E-state index in [0.717, 1.165) is 40.9 Å². The highest BCUT2D eigenvalue weighted by Gasteiger charge is 2.16. The van der Waals surface area contributed by atoms with Crippen molar-refractivity contribution in [1.29, 1.82) is 0 Å². The van der Waals surface area contributed by atoms with Gasteiger partial charge < -0.3 is 19.5 Å². The monoisotopic (exact) mass is 364 g/mol. The molecule has 2 aromatic heterocycles. The number of para-hydroxylation sites is 1. The Morgan fingerprint density at radius 3 is 2.81 bits per heavy atom. The molecular formula is C21H24N4O2. The summed E-state index contributed by atoms with van der Waals surface area (Å²) in [5.74, 6) is 0.953. The maximum Gasteiger partial charge on any atom is 0.224 e. The number of pyridine rings is 1. The van der Waals surface area contributed by atoms with E-state index in [9.17, 15) is 4.79 Å². The zero-order chi connectivity index (χ0) is 18.6. The number of anilines is 1. The number of carbonyl (C=O) groups excluding carboxylic acids is 1. The van der Waals surface area contributed by atoms with Crippen LogP contribution < -0.4 is 10.2 Å². The Bertz CT molecular complexity index is 944. The number of hydrogen-bond acceptors (Lipinski definition) is 4. The summed E-state index contributed by atoms with van der Waals surface area (Å²) in [5, 5.41) is 4.18. The van der Waals surface area contributed by atoms with Gasteiger partial charge in [-0.05, 0) is 17.7 Å². The van der Waals surface area contributed by atoms with Crippen LogP contribution in [0.2, 0.25) is 0 Å². The highest BCUT2D eigenvalue weighted by atomic mass is 16.5. The van der Waals surface area contributed by atoms with E-state index in [-0.39, 0.29) is 5.91 Å².